The molecule has 0 N–H and O–H groups in total. The van der Waals surface area contributed by atoms with Crippen LogP contribution in [0.1, 0.15) is 42.7 Å². The Morgan fingerprint density at radius 2 is 1.14 bits per heavy atom. The summed E-state index contributed by atoms with van der Waals surface area (Å²) in [5, 5.41) is 6.21. The van der Waals surface area contributed by atoms with Crippen LogP contribution in [0.4, 0.5) is 0 Å². The summed E-state index contributed by atoms with van der Waals surface area (Å²) in [5.41, 5.74) is 6.01. The van der Waals surface area contributed by atoms with E-state index in [1.165, 1.54) is 49.3 Å². The number of rotatable bonds is 2. The quantitative estimate of drug-likeness (QED) is 0.191. The molecule has 0 saturated heterocycles. The maximum Gasteiger partial charge on any atom is 0.0784 e. The lowest BCUT2D eigenvalue weighted by atomic mass is 9.70. The zero-order chi connectivity index (χ0) is 23.6. The van der Waals surface area contributed by atoms with Crippen molar-refractivity contribution in [3.05, 3.63) is 138 Å². The largest absolute Gasteiger partial charge is 0.251 e. The Labute approximate surface area is 206 Å². The van der Waals surface area contributed by atoms with E-state index >= 15 is 0 Å². The first-order chi connectivity index (χ1) is 17.1. The third-order valence-corrected chi connectivity index (χ3v) is 8.04. The lowest BCUT2D eigenvalue weighted by molar-refractivity contribution is 0.442. The second kappa shape index (κ2) is 7.26. The molecule has 1 aliphatic rings. The van der Waals surface area contributed by atoms with Gasteiger partial charge in [-0.2, -0.15) is 0 Å². The van der Waals surface area contributed by atoms with Crippen molar-refractivity contribution < 1.29 is 0 Å². The fourth-order valence-electron chi connectivity index (χ4n) is 6.42. The van der Waals surface area contributed by atoms with Gasteiger partial charge in [-0.25, -0.2) is 0 Å². The molecule has 0 atom stereocenters. The molecule has 0 unspecified atom stereocenters. The molecule has 0 amide bonds. The number of pyridine rings is 1. The molecular weight excluding hydrogens is 422 g/mol. The Kier molecular flexibility index (Phi) is 4.23. The molecule has 168 valence electrons. The zero-order valence-corrected chi connectivity index (χ0v) is 20.1. The minimum Gasteiger partial charge on any atom is -0.251 e. The molecule has 7 rings (SSSR count). The lowest BCUT2D eigenvalue weighted by Gasteiger charge is -2.33. The molecule has 0 bridgehead atoms. The molecule has 35 heavy (non-hydrogen) atoms. The fourth-order valence-corrected chi connectivity index (χ4v) is 6.42. The first-order valence-electron chi connectivity index (χ1n) is 12.4. The highest BCUT2D eigenvalue weighted by Gasteiger charge is 2.51. The van der Waals surface area contributed by atoms with Gasteiger partial charge in [0.25, 0.3) is 0 Å². The maximum atomic E-state index is 5.59. The van der Waals surface area contributed by atoms with Crippen LogP contribution in [0, 0.1) is 0 Å². The molecular formula is C34H27N. The third-order valence-electron chi connectivity index (χ3n) is 8.04. The molecule has 0 radical (unpaired) electrons. The van der Waals surface area contributed by atoms with E-state index in [-0.39, 0.29) is 10.8 Å². The fraction of sp³-hybridized carbons (Fsp3) is 0.147. The second-order valence-electron chi connectivity index (χ2n) is 10.6. The molecule has 0 spiro atoms. The van der Waals surface area contributed by atoms with Gasteiger partial charge >= 0.3 is 0 Å². The summed E-state index contributed by atoms with van der Waals surface area (Å²) in [6, 6.07) is 42.1. The van der Waals surface area contributed by atoms with Gasteiger partial charge in [-0.1, -0.05) is 111 Å². The van der Waals surface area contributed by atoms with Crippen LogP contribution in [0.3, 0.4) is 0 Å². The van der Waals surface area contributed by atoms with Crippen molar-refractivity contribution in [2.75, 3.05) is 0 Å². The highest BCUT2D eigenvalue weighted by Crippen LogP contribution is 2.56. The van der Waals surface area contributed by atoms with E-state index in [1.807, 2.05) is 0 Å². The van der Waals surface area contributed by atoms with Crippen LogP contribution in [-0.4, -0.2) is 4.98 Å². The minimum atomic E-state index is -0.283. The number of fused-ring (bicyclic) bond motifs is 5. The Morgan fingerprint density at radius 3 is 1.80 bits per heavy atom. The predicted molar refractivity (Wildman–Crippen MR) is 147 cm³/mol. The van der Waals surface area contributed by atoms with Crippen LogP contribution >= 0.6 is 0 Å². The summed E-state index contributed by atoms with van der Waals surface area (Å²) < 4.78 is 0. The summed E-state index contributed by atoms with van der Waals surface area (Å²) in [4.78, 5) is 5.59. The van der Waals surface area contributed by atoms with E-state index in [1.54, 1.807) is 0 Å². The number of benzene rings is 5. The van der Waals surface area contributed by atoms with Crippen molar-refractivity contribution in [1.29, 1.82) is 0 Å². The Morgan fingerprint density at radius 1 is 0.571 bits per heavy atom. The van der Waals surface area contributed by atoms with Crippen molar-refractivity contribution in [2.45, 2.75) is 31.1 Å². The van der Waals surface area contributed by atoms with E-state index in [4.69, 9.17) is 4.98 Å². The summed E-state index contributed by atoms with van der Waals surface area (Å²) in [6.07, 6.45) is 0.994. The minimum absolute atomic E-state index is 0.000544. The monoisotopic (exact) mass is 449 g/mol. The SMILES string of the molecule is CC1(C)CC(c2ccccc2)(c2ccccc2)c2nc3c(ccc4cc5ccccc5cc43)cc21. The van der Waals surface area contributed by atoms with Crippen molar-refractivity contribution in [2.24, 2.45) is 0 Å². The summed E-state index contributed by atoms with van der Waals surface area (Å²) in [5.74, 6) is 0. The topological polar surface area (TPSA) is 12.9 Å². The molecule has 6 aromatic rings. The molecule has 1 nitrogen and oxygen atoms in total. The van der Waals surface area contributed by atoms with Crippen molar-refractivity contribution in [3.63, 3.8) is 0 Å². The second-order valence-corrected chi connectivity index (χ2v) is 10.6. The Bertz CT molecular complexity index is 1690. The van der Waals surface area contributed by atoms with E-state index in [0.717, 1.165) is 11.9 Å². The van der Waals surface area contributed by atoms with Crippen LogP contribution in [0.5, 0.6) is 0 Å². The maximum absolute atomic E-state index is 5.59. The molecule has 1 heteroatoms. The molecule has 1 aliphatic carbocycles. The first-order valence-corrected chi connectivity index (χ1v) is 12.4. The normalized spacial score (nSPS) is 16.1. The predicted octanol–water partition coefficient (Wildman–Crippen LogP) is 8.56. The highest BCUT2D eigenvalue weighted by molar-refractivity contribution is 6.10. The molecule has 5 aromatic carbocycles. The number of nitrogens with zero attached hydrogens (tertiary/aromatic N) is 1. The summed E-state index contributed by atoms with van der Waals surface area (Å²) in [6.45, 7) is 4.75. The van der Waals surface area contributed by atoms with Crippen LogP contribution in [0.15, 0.2) is 115 Å². The lowest BCUT2D eigenvalue weighted by Crippen LogP contribution is -2.29. The summed E-state index contributed by atoms with van der Waals surface area (Å²) >= 11 is 0. The van der Waals surface area contributed by atoms with Crippen molar-refractivity contribution >= 4 is 32.4 Å². The number of hydrogen-bond donors (Lipinski definition) is 0. The molecule has 1 heterocycles. The average Bonchev–Trinajstić information content (AvgIpc) is 3.14. The van der Waals surface area contributed by atoms with Crippen LogP contribution in [-0.2, 0) is 10.8 Å². The van der Waals surface area contributed by atoms with E-state index in [0.29, 0.717) is 0 Å². The third kappa shape index (κ3) is 2.91. The van der Waals surface area contributed by atoms with Gasteiger partial charge in [-0.3, -0.25) is 4.98 Å². The van der Waals surface area contributed by atoms with Gasteiger partial charge in [-0.05, 0) is 62.9 Å². The Hall–Kier alpha value is -3.97. The van der Waals surface area contributed by atoms with Gasteiger partial charge < -0.3 is 0 Å². The van der Waals surface area contributed by atoms with Crippen molar-refractivity contribution in [1.82, 2.24) is 4.98 Å². The highest BCUT2D eigenvalue weighted by atomic mass is 14.8. The molecule has 0 aliphatic heterocycles. The van der Waals surface area contributed by atoms with E-state index in [2.05, 4.69) is 129 Å². The van der Waals surface area contributed by atoms with Gasteiger partial charge in [0, 0.05) is 10.8 Å². The van der Waals surface area contributed by atoms with Crippen LogP contribution < -0.4 is 0 Å². The average molecular weight is 450 g/mol. The van der Waals surface area contributed by atoms with Gasteiger partial charge in [0.1, 0.15) is 0 Å². The van der Waals surface area contributed by atoms with Crippen LogP contribution in [0.25, 0.3) is 32.4 Å². The van der Waals surface area contributed by atoms with Gasteiger partial charge in [-0.15, -0.1) is 0 Å². The van der Waals surface area contributed by atoms with Gasteiger partial charge in [0.2, 0.25) is 0 Å². The zero-order valence-electron chi connectivity index (χ0n) is 20.1. The first kappa shape index (κ1) is 20.4. The van der Waals surface area contributed by atoms with Gasteiger partial charge in [0.05, 0.1) is 16.6 Å². The van der Waals surface area contributed by atoms with E-state index < -0.39 is 0 Å². The number of hydrogen-bond acceptors (Lipinski definition) is 1. The van der Waals surface area contributed by atoms with Crippen LogP contribution in [0.2, 0.25) is 0 Å². The van der Waals surface area contributed by atoms with E-state index in [9.17, 15) is 0 Å². The summed E-state index contributed by atoms with van der Waals surface area (Å²) in [7, 11) is 0. The molecule has 1 aromatic heterocycles. The standard InChI is InChI=1S/C34H27N/c1-33(2)22-34(27-13-5-3-6-14-27,28-15-7-4-8-16-28)32-30(33)21-26-18-17-25-19-23-11-9-10-12-24(23)20-29(25)31(26)35-32/h3-21H,22H2,1-2H3. The molecule has 0 fully saturated rings. The Balaban J connectivity index is 1.62. The molecule has 0 saturated carbocycles. The van der Waals surface area contributed by atoms with Gasteiger partial charge in [0.15, 0.2) is 0 Å². The van der Waals surface area contributed by atoms with Crippen molar-refractivity contribution in [3.8, 4) is 0 Å². The smallest absolute Gasteiger partial charge is 0.0784 e. The number of aromatic nitrogens is 1.